The van der Waals surface area contributed by atoms with Gasteiger partial charge in [0, 0.05) is 0 Å². The Morgan fingerprint density at radius 1 is 0.375 bits per heavy atom. The van der Waals surface area contributed by atoms with Gasteiger partial charge in [0.1, 0.15) is 0 Å². The van der Waals surface area contributed by atoms with Crippen molar-refractivity contribution in [2.45, 2.75) is 114 Å². The van der Waals surface area contributed by atoms with E-state index in [4.69, 9.17) is 0 Å². The van der Waals surface area contributed by atoms with Gasteiger partial charge in [-0.3, -0.25) is 0 Å². The topological polar surface area (TPSA) is 36.1 Å². The molecule has 0 amide bonds. The standard InChI is InChI=1S/C18H36B3N3/c1-4-10-16(11-5-1)19-22-20(17-12-6-2-7-13-17)24-21(23-19)18-14-8-3-9-15-18/h16-18,22-24H,1-15H2. The molecule has 3 N–H and O–H groups in total. The molecule has 4 rings (SSSR count). The van der Waals surface area contributed by atoms with Crippen LogP contribution in [0.4, 0.5) is 0 Å². The van der Waals surface area contributed by atoms with Crippen molar-refractivity contribution < 1.29 is 0 Å². The van der Waals surface area contributed by atoms with Crippen LogP contribution in [0.3, 0.4) is 0 Å². The van der Waals surface area contributed by atoms with Crippen LogP contribution in [0.2, 0.25) is 17.5 Å². The lowest BCUT2D eigenvalue weighted by molar-refractivity contribution is 0.477. The van der Waals surface area contributed by atoms with E-state index < -0.39 is 0 Å². The van der Waals surface area contributed by atoms with E-state index in [9.17, 15) is 0 Å². The second-order valence-corrected chi connectivity index (χ2v) is 9.13. The average molecular weight is 327 g/mol. The molecule has 3 nitrogen and oxygen atoms in total. The van der Waals surface area contributed by atoms with E-state index in [2.05, 4.69) is 15.4 Å². The molecule has 4 fully saturated rings. The summed E-state index contributed by atoms with van der Waals surface area (Å²) in [6, 6.07) is 0. The van der Waals surface area contributed by atoms with E-state index in [0.717, 1.165) is 17.5 Å². The van der Waals surface area contributed by atoms with E-state index in [-0.39, 0.29) is 0 Å². The van der Waals surface area contributed by atoms with Crippen LogP contribution >= 0.6 is 0 Å². The molecule has 4 aliphatic rings. The second kappa shape index (κ2) is 8.64. The van der Waals surface area contributed by atoms with Crippen molar-refractivity contribution in [2.75, 3.05) is 0 Å². The summed E-state index contributed by atoms with van der Waals surface area (Å²) in [7, 11) is 0. The minimum Gasteiger partial charge on any atom is -0.371 e. The molecule has 3 saturated carbocycles. The Kier molecular flexibility index (Phi) is 6.30. The minimum absolute atomic E-state index is 0.561. The Labute approximate surface area is 150 Å². The highest BCUT2D eigenvalue weighted by Gasteiger charge is 2.44. The first-order valence-electron chi connectivity index (χ1n) is 11.2. The number of rotatable bonds is 3. The first-order valence-corrected chi connectivity index (χ1v) is 11.2. The SMILES string of the molecule is C1CCC(B2NB(C3CCCCC3)NB(C3CCCCC3)N2)CC1. The fourth-order valence-electron chi connectivity index (χ4n) is 5.94. The Balaban J connectivity index is 1.44. The summed E-state index contributed by atoms with van der Waals surface area (Å²) in [6.07, 6.45) is 21.6. The van der Waals surface area contributed by atoms with Crippen LogP contribution in [0.15, 0.2) is 0 Å². The van der Waals surface area contributed by atoms with Gasteiger partial charge in [0.25, 0.3) is 20.9 Å². The fourth-order valence-corrected chi connectivity index (χ4v) is 5.94. The molecule has 132 valence electrons. The highest BCUT2D eigenvalue weighted by Crippen LogP contribution is 2.36. The van der Waals surface area contributed by atoms with Crippen LogP contribution in [-0.2, 0) is 0 Å². The van der Waals surface area contributed by atoms with Crippen LogP contribution in [0.1, 0.15) is 96.3 Å². The Morgan fingerprint density at radius 2 is 0.625 bits per heavy atom. The van der Waals surface area contributed by atoms with Crippen LogP contribution < -0.4 is 15.4 Å². The molecule has 0 spiro atoms. The molecule has 24 heavy (non-hydrogen) atoms. The fraction of sp³-hybridized carbons (Fsp3) is 1.00. The molecular formula is C18H36B3N3. The maximum absolute atomic E-state index is 4.04. The van der Waals surface area contributed by atoms with Gasteiger partial charge in [-0.05, 0) is 17.5 Å². The third-order valence-corrected chi connectivity index (χ3v) is 7.44. The Bertz CT molecular complexity index is 317. The van der Waals surface area contributed by atoms with E-state index >= 15 is 0 Å². The van der Waals surface area contributed by atoms with Gasteiger partial charge in [0.2, 0.25) is 0 Å². The number of hydrogen-bond acceptors (Lipinski definition) is 3. The molecule has 0 unspecified atom stereocenters. The normalized spacial score (nSPS) is 29.2. The average Bonchev–Trinajstić information content (AvgIpc) is 2.70. The van der Waals surface area contributed by atoms with Crippen molar-refractivity contribution >= 4 is 20.9 Å². The number of nitrogens with one attached hydrogen (secondary N) is 3. The van der Waals surface area contributed by atoms with Gasteiger partial charge in [-0.15, -0.1) is 0 Å². The molecule has 0 aromatic heterocycles. The molecule has 0 aromatic carbocycles. The molecule has 0 radical (unpaired) electrons. The minimum atomic E-state index is 0.561. The predicted octanol–water partition coefficient (Wildman–Crippen LogP) is 4.24. The zero-order valence-corrected chi connectivity index (χ0v) is 15.6. The lowest BCUT2D eigenvalue weighted by Crippen LogP contribution is -2.77. The smallest absolute Gasteiger partial charge is 0.288 e. The molecule has 6 heteroatoms. The largest absolute Gasteiger partial charge is 0.371 e. The lowest BCUT2D eigenvalue weighted by atomic mass is 9.36. The monoisotopic (exact) mass is 327 g/mol. The van der Waals surface area contributed by atoms with Crippen molar-refractivity contribution in [3.05, 3.63) is 0 Å². The van der Waals surface area contributed by atoms with Gasteiger partial charge in [-0.2, -0.15) is 0 Å². The van der Waals surface area contributed by atoms with Crippen LogP contribution in [0.5, 0.6) is 0 Å². The zero-order valence-electron chi connectivity index (χ0n) is 15.6. The summed E-state index contributed by atoms with van der Waals surface area (Å²) in [6.45, 7) is 1.68. The third-order valence-electron chi connectivity index (χ3n) is 7.44. The molecule has 1 aliphatic heterocycles. The van der Waals surface area contributed by atoms with E-state index in [1.807, 2.05) is 0 Å². The number of hydrogen-bond donors (Lipinski definition) is 3. The predicted molar refractivity (Wildman–Crippen MR) is 107 cm³/mol. The zero-order chi connectivity index (χ0) is 16.2. The van der Waals surface area contributed by atoms with Crippen LogP contribution in [0.25, 0.3) is 0 Å². The summed E-state index contributed by atoms with van der Waals surface area (Å²) in [4.78, 5) is 0. The maximum atomic E-state index is 4.04. The van der Waals surface area contributed by atoms with E-state index in [1.165, 1.54) is 96.3 Å². The molecule has 0 aromatic rings. The molecule has 3 aliphatic carbocycles. The van der Waals surface area contributed by atoms with Gasteiger partial charge in [-0.1, -0.05) is 96.3 Å². The van der Waals surface area contributed by atoms with Gasteiger partial charge in [0.15, 0.2) is 0 Å². The first-order chi connectivity index (χ1) is 11.9. The molecule has 1 saturated heterocycles. The van der Waals surface area contributed by atoms with Crippen molar-refractivity contribution in [3.63, 3.8) is 0 Å². The highest BCUT2D eigenvalue weighted by atomic mass is 15.1. The summed E-state index contributed by atoms with van der Waals surface area (Å²) in [5.74, 6) is 2.58. The highest BCUT2D eigenvalue weighted by molar-refractivity contribution is 6.88. The molecular weight excluding hydrogens is 291 g/mol. The Hall–Kier alpha value is 0.0748. The molecule has 0 atom stereocenters. The summed E-state index contributed by atoms with van der Waals surface area (Å²) in [5, 5.41) is 12.1. The van der Waals surface area contributed by atoms with Crippen molar-refractivity contribution in [1.29, 1.82) is 0 Å². The quantitative estimate of drug-likeness (QED) is 0.679. The first kappa shape index (κ1) is 17.5. The van der Waals surface area contributed by atoms with Crippen molar-refractivity contribution in [1.82, 2.24) is 15.4 Å². The van der Waals surface area contributed by atoms with Crippen molar-refractivity contribution in [3.8, 4) is 0 Å². The van der Waals surface area contributed by atoms with Gasteiger partial charge in [-0.25, -0.2) is 0 Å². The summed E-state index contributed by atoms with van der Waals surface area (Å²) in [5.41, 5.74) is 0. The Morgan fingerprint density at radius 3 is 0.875 bits per heavy atom. The maximum Gasteiger partial charge on any atom is 0.288 e. The molecule has 1 heterocycles. The van der Waals surface area contributed by atoms with Crippen LogP contribution in [-0.4, -0.2) is 20.9 Å². The van der Waals surface area contributed by atoms with Gasteiger partial charge >= 0.3 is 0 Å². The van der Waals surface area contributed by atoms with Gasteiger partial charge < -0.3 is 15.4 Å². The summed E-state index contributed by atoms with van der Waals surface area (Å²) >= 11 is 0. The summed E-state index contributed by atoms with van der Waals surface area (Å²) < 4.78 is 0. The van der Waals surface area contributed by atoms with E-state index in [0.29, 0.717) is 20.9 Å². The molecule has 0 bridgehead atoms. The van der Waals surface area contributed by atoms with Crippen molar-refractivity contribution in [2.24, 2.45) is 0 Å². The third kappa shape index (κ3) is 4.24. The van der Waals surface area contributed by atoms with Crippen LogP contribution in [0, 0.1) is 0 Å². The second-order valence-electron chi connectivity index (χ2n) is 9.13. The lowest BCUT2D eigenvalue weighted by Gasteiger charge is -2.44. The van der Waals surface area contributed by atoms with E-state index in [1.54, 1.807) is 0 Å². The van der Waals surface area contributed by atoms with Gasteiger partial charge in [0.05, 0.1) is 0 Å².